The average molecular weight is 348 g/mol. The molecular formula is C13H15ClFN3O3S. The maximum absolute atomic E-state index is 13.7. The Balaban J connectivity index is 2.26. The Kier molecular flexibility index (Phi) is 4.74. The number of methoxy groups -OCH3 is 1. The summed E-state index contributed by atoms with van der Waals surface area (Å²) in [6, 6.07) is 3.56. The van der Waals surface area contributed by atoms with Crippen molar-refractivity contribution in [3.63, 3.8) is 0 Å². The molecule has 0 fully saturated rings. The van der Waals surface area contributed by atoms with Gasteiger partial charge in [-0.3, -0.25) is 0 Å². The molecular weight excluding hydrogens is 333 g/mol. The number of ether oxygens (including phenoxy) is 1. The summed E-state index contributed by atoms with van der Waals surface area (Å²) < 4.78 is 46.9. The smallest absolute Gasteiger partial charge is 0.261 e. The lowest BCUT2D eigenvalue weighted by Crippen LogP contribution is -2.27. The number of aryl methyl sites for hydroxylation is 1. The summed E-state index contributed by atoms with van der Waals surface area (Å²) in [7, 11) is -0.979. The summed E-state index contributed by atoms with van der Waals surface area (Å²) in [5.41, 5.74) is 0.453. The second kappa shape index (κ2) is 6.23. The van der Waals surface area contributed by atoms with Gasteiger partial charge in [-0.25, -0.2) is 22.5 Å². The molecule has 22 heavy (non-hydrogen) atoms. The van der Waals surface area contributed by atoms with Gasteiger partial charge >= 0.3 is 0 Å². The van der Waals surface area contributed by atoms with E-state index in [4.69, 9.17) is 16.3 Å². The Bertz CT molecular complexity index is 792. The Labute approximate surface area is 132 Å². The van der Waals surface area contributed by atoms with E-state index in [0.717, 1.165) is 0 Å². The van der Waals surface area contributed by atoms with Crippen LogP contribution in [0.5, 0.6) is 5.75 Å². The van der Waals surface area contributed by atoms with E-state index in [1.165, 1.54) is 30.1 Å². The van der Waals surface area contributed by atoms with Crippen LogP contribution in [0.2, 0.25) is 5.15 Å². The first kappa shape index (κ1) is 16.7. The Morgan fingerprint density at radius 2 is 2.14 bits per heavy atom. The molecule has 0 radical (unpaired) electrons. The highest BCUT2D eigenvalue weighted by molar-refractivity contribution is 7.89. The molecule has 0 bridgehead atoms. The monoisotopic (exact) mass is 347 g/mol. The van der Waals surface area contributed by atoms with Crippen LogP contribution in [0.4, 0.5) is 4.39 Å². The first-order valence-corrected chi connectivity index (χ1v) is 8.15. The van der Waals surface area contributed by atoms with Crippen molar-refractivity contribution in [1.29, 1.82) is 0 Å². The van der Waals surface area contributed by atoms with Gasteiger partial charge in [-0.1, -0.05) is 17.7 Å². The molecule has 1 heterocycles. The van der Waals surface area contributed by atoms with E-state index in [0.29, 0.717) is 5.56 Å². The molecule has 2 aromatic rings. The molecule has 2 rings (SSSR count). The van der Waals surface area contributed by atoms with Crippen molar-refractivity contribution in [2.24, 2.45) is 7.05 Å². The lowest BCUT2D eigenvalue weighted by atomic mass is 10.1. The third-order valence-corrected chi connectivity index (χ3v) is 5.13. The molecule has 1 unspecified atom stereocenters. The maximum atomic E-state index is 13.7. The number of rotatable bonds is 5. The number of hydrogen-bond donors (Lipinski definition) is 1. The van der Waals surface area contributed by atoms with Crippen LogP contribution < -0.4 is 9.46 Å². The molecule has 1 aromatic carbocycles. The van der Waals surface area contributed by atoms with Crippen molar-refractivity contribution in [2.45, 2.75) is 18.0 Å². The van der Waals surface area contributed by atoms with Gasteiger partial charge in [0.1, 0.15) is 5.15 Å². The highest BCUT2D eigenvalue weighted by Crippen LogP contribution is 2.24. The van der Waals surface area contributed by atoms with Crippen LogP contribution >= 0.6 is 11.6 Å². The highest BCUT2D eigenvalue weighted by atomic mass is 35.5. The molecule has 0 aliphatic rings. The molecule has 1 atom stereocenters. The SMILES string of the molecule is COc1ccc(C(C)NS(=O)(=O)c2ncn(C)c2Cl)cc1F. The van der Waals surface area contributed by atoms with E-state index < -0.39 is 21.9 Å². The van der Waals surface area contributed by atoms with Crippen LogP contribution in [0.3, 0.4) is 0 Å². The van der Waals surface area contributed by atoms with Gasteiger partial charge in [0, 0.05) is 13.1 Å². The predicted molar refractivity (Wildman–Crippen MR) is 79.9 cm³/mol. The first-order chi connectivity index (χ1) is 10.3. The van der Waals surface area contributed by atoms with Crippen molar-refractivity contribution in [2.75, 3.05) is 7.11 Å². The fraction of sp³-hybridized carbons (Fsp3) is 0.308. The van der Waals surface area contributed by atoms with Crippen molar-refractivity contribution in [1.82, 2.24) is 14.3 Å². The van der Waals surface area contributed by atoms with Gasteiger partial charge in [-0.2, -0.15) is 0 Å². The topological polar surface area (TPSA) is 73.2 Å². The average Bonchev–Trinajstić information content (AvgIpc) is 2.79. The Morgan fingerprint density at radius 1 is 1.45 bits per heavy atom. The van der Waals surface area contributed by atoms with Crippen LogP contribution in [-0.2, 0) is 17.1 Å². The summed E-state index contributed by atoms with van der Waals surface area (Å²) in [4.78, 5) is 3.77. The third-order valence-electron chi connectivity index (χ3n) is 3.10. The zero-order valence-electron chi connectivity index (χ0n) is 12.2. The molecule has 0 aliphatic carbocycles. The molecule has 1 N–H and O–H groups in total. The van der Waals surface area contributed by atoms with E-state index in [-0.39, 0.29) is 15.9 Å². The minimum atomic E-state index is -3.91. The van der Waals surface area contributed by atoms with Crippen molar-refractivity contribution in [3.8, 4) is 5.75 Å². The van der Waals surface area contributed by atoms with Crippen LogP contribution in [0.25, 0.3) is 0 Å². The fourth-order valence-corrected chi connectivity index (χ4v) is 3.54. The van der Waals surface area contributed by atoms with E-state index in [1.807, 2.05) is 0 Å². The zero-order chi connectivity index (χ0) is 16.5. The van der Waals surface area contributed by atoms with Gasteiger partial charge < -0.3 is 9.30 Å². The van der Waals surface area contributed by atoms with Crippen LogP contribution in [0.15, 0.2) is 29.6 Å². The second-order valence-corrected chi connectivity index (χ2v) is 6.68. The minimum absolute atomic E-state index is 0.000566. The van der Waals surface area contributed by atoms with E-state index in [9.17, 15) is 12.8 Å². The van der Waals surface area contributed by atoms with E-state index in [2.05, 4.69) is 9.71 Å². The maximum Gasteiger partial charge on any atom is 0.261 e. The standard InChI is InChI=1S/C13H15ClFN3O3S/c1-8(9-4-5-11(21-3)10(15)6-9)17-22(19,20)13-12(14)18(2)7-16-13/h4-8,17H,1-3H3. The summed E-state index contributed by atoms with van der Waals surface area (Å²) in [6.45, 7) is 1.59. The molecule has 6 nitrogen and oxygen atoms in total. The largest absolute Gasteiger partial charge is 0.494 e. The van der Waals surface area contributed by atoms with Crippen LogP contribution in [0.1, 0.15) is 18.5 Å². The van der Waals surface area contributed by atoms with Crippen LogP contribution in [0, 0.1) is 5.82 Å². The van der Waals surface area contributed by atoms with Gasteiger partial charge in [-0.05, 0) is 24.6 Å². The molecule has 0 spiro atoms. The normalized spacial score (nSPS) is 13.1. The number of nitrogens with zero attached hydrogens (tertiary/aromatic N) is 2. The summed E-state index contributed by atoms with van der Waals surface area (Å²) in [6.07, 6.45) is 1.30. The van der Waals surface area contributed by atoms with Gasteiger partial charge in [0.2, 0.25) is 5.03 Å². The van der Waals surface area contributed by atoms with E-state index >= 15 is 0 Å². The second-order valence-electron chi connectivity index (χ2n) is 4.69. The number of halogens is 2. The van der Waals surface area contributed by atoms with Crippen molar-refractivity contribution in [3.05, 3.63) is 41.1 Å². The fourth-order valence-electron chi connectivity index (χ4n) is 1.88. The first-order valence-electron chi connectivity index (χ1n) is 6.29. The molecule has 0 saturated heterocycles. The zero-order valence-corrected chi connectivity index (χ0v) is 13.7. The Hall–Kier alpha value is -1.64. The van der Waals surface area contributed by atoms with Crippen molar-refractivity contribution >= 4 is 21.6 Å². The molecule has 0 amide bonds. The summed E-state index contributed by atoms with van der Waals surface area (Å²) in [5, 5.41) is -0.266. The van der Waals surface area contributed by atoms with Gasteiger partial charge in [0.15, 0.2) is 11.6 Å². The lowest BCUT2D eigenvalue weighted by Gasteiger charge is -2.14. The number of imidazole rings is 1. The Morgan fingerprint density at radius 3 is 2.64 bits per heavy atom. The van der Waals surface area contributed by atoms with Crippen molar-refractivity contribution < 1.29 is 17.5 Å². The molecule has 1 aromatic heterocycles. The molecule has 0 saturated carbocycles. The third kappa shape index (κ3) is 3.23. The van der Waals surface area contributed by atoms with Crippen LogP contribution in [-0.4, -0.2) is 25.1 Å². The molecule has 9 heteroatoms. The number of nitrogens with one attached hydrogen (secondary N) is 1. The summed E-state index contributed by atoms with van der Waals surface area (Å²) in [5.74, 6) is -0.478. The summed E-state index contributed by atoms with van der Waals surface area (Å²) >= 11 is 5.89. The molecule has 120 valence electrons. The number of aromatic nitrogens is 2. The van der Waals surface area contributed by atoms with Gasteiger partial charge in [0.05, 0.1) is 13.4 Å². The van der Waals surface area contributed by atoms with Gasteiger partial charge in [-0.15, -0.1) is 0 Å². The van der Waals surface area contributed by atoms with E-state index in [1.54, 1.807) is 20.0 Å². The minimum Gasteiger partial charge on any atom is -0.494 e. The number of benzene rings is 1. The predicted octanol–water partition coefficient (Wildman–Crippen LogP) is 2.26. The quantitative estimate of drug-likeness (QED) is 0.900. The van der Waals surface area contributed by atoms with Gasteiger partial charge in [0.25, 0.3) is 10.0 Å². The highest BCUT2D eigenvalue weighted by Gasteiger charge is 2.25. The molecule has 0 aliphatic heterocycles. The number of hydrogen-bond acceptors (Lipinski definition) is 4. The number of sulfonamides is 1. The lowest BCUT2D eigenvalue weighted by molar-refractivity contribution is 0.386.